The molecule has 2 heteroatoms. The summed E-state index contributed by atoms with van der Waals surface area (Å²) in [7, 11) is 0. The van der Waals surface area contributed by atoms with Crippen molar-refractivity contribution in [3.05, 3.63) is 12.7 Å². The monoisotopic (exact) mass is 153 g/mol. The lowest BCUT2D eigenvalue weighted by molar-refractivity contribution is -0.123. The highest BCUT2D eigenvalue weighted by Gasteiger charge is 2.42. The second-order valence-electron chi connectivity index (χ2n) is 3.47. The average Bonchev–Trinajstić information content (AvgIpc) is 2.68. The summed E-state index contributed by atoms with van der Waals surface area (Å²) in [6.45, 7) is 5.35. The van der Waals surface area contributed by atoms with E-state index in [0.717, 1.165) is 12.8 Å². The number of carbonyl (C=O) groups excluding carboxylic acids is 1. The summed E-state index contributed by atoms with van der Waals surface area (Å²) in [6, 6.07) is 0. The number of carbonyl (C=O) groups is 1. The average molecular weight is 153 g/mol. The van der Waals surface area contributed by atoms with Gasteiger partial charge in [-0.05, 0) is 25.7 Å². The Labute approximate surface area is 67.5 Å². The SMILES string of the molecule is C=CCC(=O)C(C)(N)C1CC1. The van der Waals surface area contributed by atoms with E-state index in [9.17, 15) is 4.79 Å². The molecule has 0 bridgehead atoms. The smallest absolute Gasteiger partial charge is 0.156 e. The fourth-order valence-corrected chi connectivity index (χ4v) is 1.26. The minimum absolute atomic E-state index is 0.120. The Morgan fingerprint density at radius 3 is 2.73 bits per heavy atom. The van der Waals surface area contributed by atoms with Crippen molar-refractivity contribution in [2.24, 2.45) is 11.7 Å². The normalized spacial score (nSPS) is 22.4. The van der Waals surface area contributed by atoms with Gasteiger partial charge in [-0.25, -0.2) is 0 Å². The van der Waals surface area contributed by atoms with E-state index in [1.54, 1.807) is 6.08 Å². The molecule has 0 aliphatic heterocycles. The lowest BCUT2D eigenvalue weighted by Gasteiger charge is -2.21. The number of hydrogen-bond donors (Lipinski definition) is 1. The maximum Gasteiger partial charge on any atom is 0.156 e. The Kier molecular flexibility index (Phi) is 2.14. The molecular formula is C9H15NO. The van der Waals surface area contributed by atoms with Gasteiger partial charge in [0.2, 0.25) is 0 Å². The van der Waals surface area contributed by atoms with Crippen LogP contribution in [0.5, 0.6) is 0 Å². The maximum absolute atomic E-state index is 11.4. The summed E-state index contributed by atoms with van der Waals surface area (Å²) in [5.74, 6) is 0.546. The first-order chi connectivity index (χ1) is 5.09. The molecule has 0 aromatic heterocycles. The zero-order valence-electron chi connectivity index (χ0n) is 6.97. The predicted octanol–water partition coefficient (Wildman–Crippen LogP) is 1.26. The Balaban J connectivity index is 2.54. The van der Waals surface area contributed by atoms with Gasteiger partial charge >= 0.3 is 0 Å². The predicted molar refractivity (Wildman–Crippen MR) is 45.1 cm³/mol. The number of allylic oxidation sites excluding steroid dienone is 1. The summed E-state index contributed by atoms with van der Waals surface area (Å²) >= 11 is 0. The summed E-state index contributed by atoms with van der Waals surface area (Å²) < 4.78 is 0. The molecular weight excluding hydrogens is 138 g/mol. The first kappa shape index (κ1) is 8.47. The van der Waals surface area contributed by atoms with Gasteiger partial charge < -0.3 is 5.73 Å². The third-order valence-electron chi connectivity index (χ3n) is 2.36. The fourth-order valence-electron chi connectivity index (χ4n) is 1.26. The molecule has 2 N–H and O–H groups in total. The standard InChI is InChI=1S/C9H15NO/c1-3-4-8(11)9(2,10)7-5-6-7/h3,7H,1,4-6,10H2,2H3. The Hall–Kier alpha value is -0.630. The Morgan fingerprint density at radius 1 is 1.82 bits per heavy atom. The highest BCUT2D eigenvalue weighted by atomic mass is 16.1. The van der Waals surface area contributed by atoms with Crippen LogP contribution in [0, 0.1) is 5.92 Å². The van der Waals surface area contributed by atoms with Gasteiger partial charge in [0.25, 0.3) is 0 Å². The van der Waals surface area contributed by atoms with Gasteiger partial charge in [0.1, 0.15) is 0 Å². The topological polar surface area (TPSA) is 43.1 Å². The molecule has 1 fully saturated rings. The van der Waals surface area contributed by atoms with Crippen molar-refractivity contribution in [1.29, 1.82) is 0 Å². The van der Waals surface area contributed by atoms with Crippen molar-refractivity contribution < 1.29 is 4.79 Å². The van der Waals surface area contributed by atoms with Crippen molar-refractivity contribution in [2.75, 3.05) is 0 Å². The Bertz CT molecular complexity index is 180. The zero-order chi connectivity index (χ0) is 8.48. The van der Waals surface area contributed by atoms with Gasteiger partial charge in [0.05, 0.1) is 5.54 Å². The van der Waals surface area contributed by atoms with Crippen LogP contribution in [0.15, 0.2) is 12.7 Å². The van der Waals surface area contributed by atoms with Gasteiger partial charge in [-0.2, -0.15) is 0 Å². The molecule has 62 valence electrons. The molecule has 1 aliphatic carbocycles. The van der Waals surface area contributed by atoms with E-state index in [2.05, 4.69) is 6.58 Å². The van der Waals surface area contributed by atoms with Gasteiger partial charge in [-0.1, -0.05) is 6.08 Å². The number of hydrogen-bond acceptors (Lipinski definition) is 2. The van der Waals surface area contributed by atoms with E-state index in [4.69, 9.17) is 5.73 Å². The van der Waals surface area contributed by atoms with E-state index < -0.39 is 5.54 Å². The molecule has 1 atom stereocenters. The second-order valence-corrected chi connectivity index (χ2v) is 3.47. The molecule has 0 radical (unpaired) electrons. The number of nitrogens with two attached hydrogens (primary N) is 1. The van der Waals surface area contributed by atoms with Gasteiger partial charge in [0, 0.05) is 6.42 Å². The van der Waals surface area contributed by atoms with Crippen molar-refractivity contribution in [2.45, 2.75) is 31.7 Å². The highest BCUT2D eigenvalue weighted by Crippen LogP contribution is 2.38. The van der Waals surface area contributed by atoms with E-state index >= 15 is 0 Å². The van der Waals surface area contributed by atoms with E-state index in [1.807, 2.05) is 6.92 Å². The quantitative estimate of drug-likeness (QED) is 0.618. The first-order valence-corrected chi connectivity index (χ1v) is 4.02. The van der Waals surface area contributed by atoms with Crippen molar-refractivity contribution in [3.8, 4) is 0 Å². The number of ketones is 1. The molecule has 1 rings (SSSR count). The number of Topliss-reactive ketones (excluding diaryl/α,β-unsaturated/α-hetero) is 1. The second kappa shape index (κ2) is 2.78. The minimum Gasteiger partial charge on any atom is -0.319 e. The van der Waals surface area contributed by atoms with Crippen LogP contribution in [0.25, 0.3) is 0 Å². The van der Waals surface area contributed by atoms with Crippen LogP contribution in [-0.2, 0) is 4.79 Å². The van der Waals surface area contributed by atoms with Crippen LogP contribution in [0.1, 0.15) is 26.2 Å². The summed E-state index contributed by atoms with van der Waals surface area (Å²) in [5, 5.41) is 0. The molecule has 0 saturated heterocycles. The summed E-state index contributed by atoms with van der Waals surface area (Å²) in [6.07, 6.45) is 4.24. The highest BCUT2D eigenvalue weighted by molar-refractivity contribution is 5.89. The maximum atomic E-state index is 11.4. The van der Waals surface area contributed by atoms with Gasteiger partial charge in [0.15, 0.2) is 5.78 Å². The van der Waals surface area contributed by atoms with E-state index in [0.29, 0.717) is 12.3 Å². The summed E-state index contributed by atoms with van der Waals surface area (Å²) in [5.41, 5.74) is 5.27. The molecule has 11 heavy (non-hydrogen) atoms. The van der Waals surface area contributed by atoms with Crippen LogP contribution < -0.4 is 5.73 Å². The van der Waals surface area contributed by atoms with Crippen LogP contribution in [0.4, 0.5) is 0 Å². The lowest BCUT2D eigenvalue weighted by Crippen LogP contribution is -2.46. The fraction of sp³-hybridized carbons (Fsp3) is 0.667. The van der Waals surface area contributed by atoms with Crippen LogP contribution in [-0.4, -0.2) is 11.3 Å². The Morgan fingerprint density at radius 2 is 2.36 bits per heavy atom. The van der Waals surface area contributed by atoms with Crippen molar-refractivity contribution >= 4 is 5.78 Å². The lowest BCUT2D eigenvalue weighted by atomic mass is 9.90. The van der Waals surface area contributed by atoms with Gasteiger partial charge in [-0.15, -0.1) is 6.58 Å². The third kappa shape index (κ3) is 1.69. The van der Waals surface area contributed by atoms with Crippen LogP contribution in [0.3, 0.4) is 0 Å². The molecule has 0 spiro atoms. The van der Waals surface area contributed by atoms with E-state index in [1.165, 1.54) is 0 Å². The molecule has 1 aliphatic rings. The molecule has 1 unspecified atom stereocenters. The van der Waals surface area contributed by atoms with Crippen molar-refractivity contribution in [1.82, 2.24) is 0 Å². The molecule has 1 saturated carbocycles. The summed E-state index contributed by atoms with van der Waals surface area (Å²) in [4.78, 5) is 11.4. The molecule has 0 aromatic rings. The minimum atomic E-state index is -0.589. The number of rotatable bonds is 4. The largest absolute Gasteiger partial charge is 0.319 e. The first-order valence-electron chi connectivity index (χ1n) is 4.02. The third-order valence-corrected chi connectivity index (χ3v) is 2.36. The van der Waals surface area contributed by atoms with Crippen LogP contribution >= 0.6 is 0 Å². The van der Waals surface area contributed by atoms with Crippen molar-refractivity contribution in [3.63, 3.8) is 0 Å². The van der Waals surface area contributed by atoms with Gasteiger partial charge in [-0.3, -0.25) is 4.79 Å². The molecule has 0 amide bonds. The molecule has 0 heterocycles. The molecule has 2 nitrogen and oxygen atoms in total. The zero-order valence-corrected chi connectivity index (χ0v) is 6.97. The van der Waals surface area contributed by atoms with Crippen LogP contribution in [0.2, 0.25) is 0 Å². The van der Waals surface area contributed by atoms with E-state index in [-0.39, 0.29) is 5.78 Å². The molecule has 0 aromatic carbocycles.